The van der Waals surface area contributed by atoms with E-state index in [1.54, 1.807) is 0 Å². The lowest BCUT2D eigenvalue weighted by atomic mass is 9.93. The summed E-state index contributed by atoms with van der Waals surface area (Å²) in [4.78, 5) is 24.6. The molecule has 366 valence electrons. The molecule has 5 fully saturated rings. The van der Waals surface area contributed by atoms with Crippen LogP contribution in [0.3, 0.4) is 0 Å². The standard InChI is InChI=1S/C33H56N2O27S/c1-8(40)34-15-20(46)24(13(5-38)55-29(15)50)59-32-22(48)27(18(44)11(3-36)56-32)62-30-16(35-9(2)41)26(61-33-23(49)28(63(51,52)53)19(45)12(4-37)57-33)25(14(6-39)58-30)60-31-21(47)17(43)10(42)7-54-31/h10-33,36-39,42-50H,3-7H2,1-2H3,(H,34,40)(H,35,41)(H,51,52,53)/t10-,11-,12-,13-,14-,15-,16-,17-,18+,19+,20-,21+,22-,23-,24-,25-,26-,27+,28+,29-,30+,31+,32+,33+/m1/s1. The molecule has 0 spiro atoms. The Bertz CT molecular complexity index is 1620. The van der Waals surface area contributed by atoms with Gasteiger partial charge >= 0.3 is 0 Å². The lowest BCUT2D eigenvalue weighted by Gasteiger charge is -2.51. The molecule has 0 bridgehead atoms. The van der Waals surface area contributed by atoms with Crippen molar-refractivity contribution in [3.63, 3.8) is 0 Å². The number of amides is 2. The molecule has 2 amide bonds. The van der Waals surface area contributed by atoms with Gasteiger partial charge in [0.2, 0.25) is 11.8 Å². The van der Waals surface area contributed by atoms with E-state index < -0.39 is 201 Å². The Morgan fingerprint density at radius 3 is 1.56 bits per heavy atom. The monoisotopic (exact) mass is 944 g/mol. The molecule has 24 atom stereocenters. The first-order valence-corrected chi connectivity index (χ1v) is 21.0. The van der Waals surface area contributed by atoms with Crippen LogP contribution in [0.25, 0.3) is 0 Å². The fourth-order valence-electron chi connectivity index (χ4n) is 7.88. The Hall–Kier alpha value is -2.03. The van der Waals surface area contributed by atoms with E-state index in [2.05, 4.69) is 10.6 Å². The summed E-state index contributed by atoms with van der Waals surface area (Å²) in [5.74, 6) is -1.65. The summed E-state index contributed by atoms with van der Waals surface area (Å²) in [6.07, 6.45) is -41.1. The van der Waals surface area contributed by atoms with Crippen LogP contribution in [0, 0.1) is 0 Å². The molecule has 0 aliphatic carbocycles. The van der Waals surface area contributed by atoms with E-state index in [-0.39, 0.29) is 0 Å². The summed E-state index contributed by atoms with van der Waals surface area (Å²) in [7, 11) is -5.36. The third kappa shape index (κ3) is 11.4. The van der Waals surface area contributed by atoms with Crippen LogP contribution in [-0.2, 0) is 62.3 Å². The minimum Gasteiger partial charge on any atom is -0.394 e. The summed E-state index contributed by atoms with van der Waals surface area (Å²) in [5.41, 5.74) is 0. The van der Waals surface area contributed by atoms with Gasteiger partial charge in [0, 0.05) is 13.8 Å². The van der Waals surface area contributed by atoms with Crippen LogP contribution in [-0.4, -0.2) is 271 Å². The lowest BCUT2D eigenvalue weighted by Crippen LogP contribution is -2.71. The number of ether oxygens (including phenoxy) is 9. The van der Waals surface area contributed by atoms with Gasteiger partial charge in [-0.1, -0.05) is 0 Å². The van der Waals surface area contributed by atoms with Crippen molar-refractivity contribution in [3.05, 3.63) is 0 Å². The van der Waals surface area contributed by atoms with Gasteiger partial charge in [0.25, 0.3) is 10.1 Å². The predicted octanol–water partition coefficient (Wildman–Crippen LogP) is -11.1. The Labute approximate surface area is 357 Å². The second-order valence-electron chi connectivity index (χ2n) is 15.5. The van der Waals surface area contributed by atoms with Crippen molar-refractivity contribution in [2.45, 2.75) is 160 Å². The van der Waals surface area contributed by atoms with Crippen molar-refractivity contribution in [2.24, 2.45) is 0 Å². The van der Waals surface area contributed by atoms with Crippen LogP contribution in [0.1, 0.15) is 13.8 Å². The lowest BCUT2D eigenvalue weighted by molar-refractivity contribution is -0.384. The molecule has 16 N–H and O–H groups in total. The number of hydrogen-bond donors (Lipinski definition) is 16. The van der Waals surface area contributed by atoms with Crippen LogP contribution in [0.5, 0.6) is 0 Å². The third-order valence-corrected chi connectivity index (χ3v) is 12.3. The van der Waals surface area contributed by atoms with Crippen molar-refractivity contribution in [1.29, 1.82) is 0 Å². The van der Waals surface area contributed by atoms with Gasteiger partial charge in [0.15, 0.2) is 31.5 Å². The number of rotatable bonds is 15. The van der Waals surface area contributed by atoms with Crippen molar-refractivity contribution < 1.29 is 132 Å². The molecule has 5 rings (SSSR count). The molecule has 0 unspecified atom stereocenters. The van der Waals surface area contributed by atoms with E-state index in [1.165, 1.54) is 0 Å². The zero-order chi connectivity index (χ0) is 46.8. The summed E-state index contributed by atoms with van der Waals surface area (Å²) in [6, 6.07) is -3.45. The third-order valence-electron chi connectivity index (χ3n) is 11.0. The van der Waals surface area contributed by atoms with Gasteiger partial charge in [-0.25, -0.2) is 0 Å². The van der Waals surface area contributed by atoms with Gasteiger partial charge in [0.05, 0.1) is 33.0 Å². The normalized spacial score (nSPS) is 47.4. The highest BCUT2D eigenvalue weighted by Crippen LogP contribution is 2.37. The SMILES string of the molecule is CC(=O)N[C@@H]1[C@@H](O)[C@H](O[C@@H]2O[C@H](CO)[C@H](O)[C@H](O[C@@H]3O[C@H](CO)[C@@H](O[C@@H]4OC[C@@H](O)[C@@H](O)[C@@H]4O)[C@H](O[C@@H]4O[C@H](CO)[C@H](O)[C@H](S(=O)(=O)O)[C@H]4O)[C@H]3NC(C)=O)[C@H]2O)[C@@H](CO)O[C@H]1O. The first-order chi connectivity index (χ1) is 29.6. The molecule has 29 nitrogen and oxygen atoms in total. The zero-order valence-corrected chi connectivity index (χ0v) is 34.2. The highest BCUT2D eigenvalue weighted by atomic mass is 32.2. The first-order valence-electron chi connectivity index (χ1n) is 19.5. The summed E-state index contributed by atoms with van der Waals surface area (Å²) < 4.78 is 85.9. The predicted molar refractivity (Wildman–Crippen MR) is 193 cm³/mol. The summed E-state index contributed by atoms with van der Waals surface area (Å²) in [5, 5.41) is 140. The molecule has 5 aliphatic rings. The van der Waals surface area contributed by atoms with Crippen LogP contribution in [0.15, 0.2) is 0 Å². The molecule has 0 aromatic rings. The molecule has 30 heteroatoms. The highest BCUT2D eigenvalue weighted by Gasteiger charge is 2.58. The average Bonchev–Trinajstić information content (AvgIpc) is 3.21. The van der Waals surface area contributed by atoms with Crippen molar-refractivity contribution in [2.75, 3.05) is 33.0 Å². The molecular formula is C33H56N2O27S. The van der Waals surface area contributed by atoms with Crippen LogP contribution in [0.4, 0.5) is 0 Å². The van der Waals surface area contributed by atoms with Gasteiger partial charge in [0.1, 0.15) is 115 Å². The zero-order valence-electron chi connectivity index (χ0n) is 33.4. The number of nitrogens with one attached hydrogen (secondary N) is 2. The number of hydrogen-bond acceptors (Lipinski definition) is 26. The van der Waals surface area contributed by atoms with E-state index in [0.29, 0.717) is 0 Å². The van der Waals surface area contributed by atoms with Crippen molar-refractivity contribution >= 4 is 21.9 Å². The quantitative estimate of drug-likeness (QED) is 0.0678. The Kier molecular flexibility index (Phi) is 17.9. The van der Waals surface area contributed by atoms with Gasteiger partial charge in [-0.15, -0.1) is 0 Å². The minimum absolute atomic E-state index is 0.629. The van der Waals surface area contributed by atoms with E-state index in [1.807, 2.05) is 0 Å². The number of aliphatic hydroxyl groups excluding tert-OH is 13. The van der Waals surface area contributed by atoms with E-state index in [4.69, 9.17) is 42.6 Å². The van der Waals surface area contributed by atoms with Gasteiger partial charge in [-0.2, -0.15) is 8.42 Å². The maximum Gasteiger partial charge on any atom is 0.273 e. The second-order valence-corrected chi connectivity index (χ2v) is 17.0. The topological polar surface area (TPSA) is 459 Å². The van der Waals surface area contributed by atoms with Crippen LogP contribution >= 0.6 is 0 Å². The molecule has 5 heterocycles. The molecule has 5 aliphatic heterocycles. The molecule has 0 aromatic carbocycles. The molecular weight excluding hydrogens is 888 g/mol. The molecule has 5 saturated heterocycles. The average molecular weight is 945 g/mol. The number of aliphatic hydroxyl groups is 13. The Balaban J connectivity index is 1.52. The number of carbonyl (C=O) groups is 2. The van der Waals surface area contributed by atoms with Gasteiger partial charge in [-0.3, -0.25) is 14.1 Å². The van der Waals surface area contributed by atoms with E-state index >= 15 is 0 Å². The van der Waals surface area contributed by atoms with Crippen molar-refractivity contribution in [1.82, 2.24) is 10.6 Å². The fourth-order valence-corrected chi connectivity index (χ4v) is 8.89. The van der Waals surface area contributed by atoms with E-state index in [9.17, 15) is 88.9 Å². The fraction of sp³-hybridized carbons (Fsp3) is 0.939. The van der Waals surface area contributed by atoms with Crippen LogP contribution < -0.4 is 10.6 Å². The highest BCUT2D eigenvalue weighted by molar-refractivity contribution is 7.86. The Morgan fingerprint density at radius 2 is 1.00 bits per heavy atom. The molecule has 0 aromatic heterocycles. The smallest absolute Gasteiger partial charge is 0.273 e. The van der Waals surface area contributed by atoms with E-state index in [0.717, 1.165) is 13.8 Å². The van der Waals surface area contributed by atoms with Crippen LogP contribution in [0.2, 0.25) is 0 Å². The maximum atomic E-state index is 12.8. The molecule has 0 radical (unpaired) electrons. The van der Waals surface area contributed by atoms with Gasteiger partial charge in [-0.05, 0) is 0 Å². The largest absolute Gasteiger partial charge is 0.394 e. The Morgan fingerprint density at radius 1 is 0.524 bits per heavy atom. The van der Waals surface area contributed by atoms with Crippen molar-refractivity contribution in [3.8, 4) is 0 Å². The molecule has 63 heavy (non-hydrogen) atoms. The summed E-state index contributed by atoms with van der Waals surface area (Å²) >= 11 is 0. The second kappa shape index (κ2) is 21.7. The maximum absolute atomic E-state index is 12.8. The first kappa shape index (κ1) is 51.9. The van der Waals surface area contributed by atoms with Gasteiger partial charge < -0.3 is 120 Å². The minimum atomic E-state index is -5.36. The molecule has 0 saturated carbocycles. The summed E-state index contributed by atoms with van der Waals surface area (Å²) in [6.45, 7) is -2.76. The number of carbonyl (C=O) groups excluding carboxylic acids is 2.